The molecule has 0 saturated heterocycles. The number of carbonyl (C=O) groups is 1. The predicted molar refractivity (Wildman–Crippen MR) is 67.5 cm³/mol. The van der Waals surface area contributed by atoms with E-state index >= 15 is 0 Å². The van der Waals surface area contributed by atoms with Crippen molar-refractivity contribution in [1.82, 2.24) is 4.98 Å². The lowest BCUT2D eigenvalue weighted by molar-refractivity contribution is 0.102. The van der Waals surface area contributed by atoms with Gasteiger partial charge in [0, 0.05) is 11.8 Å². The molecule has 0 saturated carbocycles. The van der Waals surface area contributed by atoms with Gasteiger partial charge in [-0.05, 0) is 18.2 Å². The zero-order chi connectivity index (χ0) is 12.3. The topological polar surface area (TPSA) is 94.0 Å². The number of hydrogen-bond donors (Lipinski definition) is 3. The third kappa shape index (κ3) is 2.34. The maximum absolute atomic E-state index is 11.8. The fourth-order valence-corrected chi connectivity index (χ4v) is 1.36. The third-order valence-corrected chi connectivity index (χ3v) is 2.29. The Balaban J connectivity index is 2.22. The molecule has 0 fully saturated rings. The summed E-state index contributed by atoms with van der Waals surface area (Å²) in [6.07, 6.45) is 1.49. The van der Waals surface area contributed by atoms with Gasteiger partial charge in [0.25, 0.3) is 5.91 Å². The molecule has 0 aliphatic rings. The Bertz CT molecular complexity index is 539. The maximum Gasteiger partial charge on any atom is 0.256 e. The molecule has 0 bridgehead atoms. The highest BCUT2D eigenvalue weighted by Crippen LogP contribution is 2.21. The monoisotopic (exact) mass is 228 g/mol. The van der Waals surface area contributed by atoms with Gasteiger partial charge >= 0.3 is 0 Å². The predicted octanol–water partition coefficient (Wildman–Crippen LogP) is 1.50. The molecular formula is C12H12N4O. The summed E-state index contributed by atoms with van der Waals surface area (Å²) < 4.78 is 0. The van der Waals surface area contributed by atoms with E-state index in [9.17, 15) is 4.79 Å². The highest BCUT2D eigenvalue weighted by Gasteiger charge is 2.09. The molecule has 0 radical (unpaired) electrons. The number of anilines is 3. The van der Waals surface area contributed by atoms with Crippen LogP contribution in [0.4, 0.5) is 17.2 Å². The first-order valence-corrected chi connectivity index (χ1v) is 5.05. The van der Waals surface area contributed by atoms with E-state index in [0.717, 1.165) is 0 Å². The van der Waals surface area contributed by atoms with Crippen molar-refractivity contribution >= 4 is 23.1 Å². The number of rotatable bonds is 2. The standard InChI is InChI=1S/C12H12N4O/c13-9-6-7-15-11(10(9)14)16-12(17)8-4-2-1-3-5-8/h1-7H,14H2,(H3,13,15,16,17). The van der Waals surface area contributed by atoms with Gasteiger partial charge < -0.3 is 16.8 Å². The van der Waals surface area contributed by atoms with E-state index < -0.39 is 0 Å². The minimum Gasteiger partial charge on any atom is -0.397 e. The molecule has 1 aromatic heterocycles. The Morgan fingerprint density at radius 3 is 2.53 bits per heavy atom. The van der Waals surface area contributed by atoms with Crippen LogP contribution in [-0.2, 0) is 0 Å². The normalized spacial score (nSPS) is 9.88. The van der Waals surface area contributed by atoms with E-state index in [-0.39, 0.29) is 17.4 Å². The van der Waals surface area contributed by atoms with Crippen LogP contribution in [-0.4, -0.2) is 10.9 Å². The molecular weight excluding hydrogens is 216 g/mol. The van der Waals surface area contributed by atoms with E-state index in [1.807, 2.05) is 6.07 Å². The molecule has 1 amide bonds. The Kier molecular flexibility index (Phi) is 2.91. The lowest BCUT2D eigenvalue weighted by Crippen LogP contribution is -2.14. The minimum atomic E-state index is -0.268. The van der Waals surface area contributed by atoms with Crippen LogP contribution in [0.25, 0.3) is 0 Å². The summed E-state index contributed by atoms with van der Waals surface area (Å²) in [5.74, 6) is 0.00857. The van der Waals surface area contributed by atoms with Crippen LogP contribution in [0.5, 0.6) is 0 Å². The van der Waals surface area contributed by atoms with Crippen molar-refractivity contribution in [2.75, 3.05) is 16.8 Å². The lowest BCUT2D eigenvalue weighted by atomic mass is 10.2. The van der Waals surface area contributed by atoms with Crippen molar-refractivity contribution in [2.45, 2.75) is 0 Å². The molecule has 0 aliphatic heterocycles. The van der Waals surface area contributed by atoms with Crippen LogP contribution in [0, 0.1) is 0 Å². The molecule has 5 heteroatoms. The van der Waals surface area contributed by atoms with Crippen LogP contribution in [0.3, 0.4) is 0 Å². The van der Waals surface area contributed by atoms with Crippen LogP contribution in [0.1, 0.15) is 10.4 Å². The van der Waals surface area contributed by atoms with Gasteiger partial charge in [0.2, 0.25) is 0 Å². The van der Waals surface area contributed by atoms with Gasteiger partial charge in [-0.2, -0.15) is 0 Å². The SMILES string of the molecule is Nc1ccnc(NC(=O)c2ccccc2)c1N. The zero-order valence-electron chi connectivity index (χ0n) is 9.05. The first-order chi connectivity index (χ1) is 8.18. The fourth-order valence-electron chi connectivity index (χ4n) is 1.36. The van der Waals surface area contributed by atoms with E-state index in [4.69, 9.17) is 11.5 Å². The molecule has 2 aromatic rings. The number of aromatic nitrogens is 1. The number of hydrogen-bond acceptors (Lipinski definition) is 4. The smallest absolute Gasteiger partial charge is 0.256 e. The summed E-state index contributed by atoms with van der Waals surface area (Å²) in [6.45, 7) is 0. The molecule has 0 atom stereocenters. The van der Waals surface area contributed by atoms with Crippen molar-refractivity contribution in [3.8, 4) is 0 Å². The Hall–Kier alpha value is -2.56. The number of carbonyl (C=O) groups excluding carboxylic acids is 1. The first kappa shape index (κ1) is 10.9. The summed E-state index contributed by atoms with van der Waals surface area (Å²) >= 11 is 0. The fraction of sp³-hybridized carbons (Fsp3) is 0. The molecule has 1 aromatic carbocycles. The van der Waals surface area contributed by atoms with Gasteiger partial charge in [0.05, 0.1) is 11.4 Å². The highest BCUT2D eigenvalue weighted by atomic mass is 16.1. The summed E-state index contributed by atoms with van der Waals surface area (Å²) in [5, 5.41) is 2.61. The first-order valence-electron chi connectivity index (χ1n) is 5.05. The number of nitrogens with two attached hydrogens (primary N) is 2. The lowest BCUT2D eigenvalue weighted by Gasteiger charge is -2.08. The zero-order valence-corrected chi connectivity index (χ0v) is 9.05. The van der Waals surface area contributed by atoms with Crippen LogP contribution < -0.4 is 16.8 Å². The van der Waals surface area contributed by atoms with E-state index in [0.29, 0.717) is 11.3 Å². The summed E-state index contributed by atoms with van der Waals surface area (Å²) in [7, 11) is 0. The van der Waals surface area contributed by atoms with Crippen molar-refractivity contribution in [1.29, 1.82) is 0 Å². The number of nitrogens with zero attached hydrogens (tertiary/aromatic N) is 1. The van der Waals surface area contributed by atoms with Crippen LogP contribution in [0.15, 0.2) is 42.6 Å². The molecule has 5 nitrogen and oxygen atoms in total. The number of pyridine rings is 1. The second kappa shape index (κ2) is 4.52. The van der Waals surface area contributed by atoms with Gasteiger partial charge in [-0.15, -0.1) is 0 Å². The minimum absolute atomic E-state index is 0.268. The highest BCUT2D eigenvalue weighted by molar-refractivity contribution is 6.05. The van der Waals surface area contributed by atoms with E-state index in [1.165, 1.54) is 6.20 Å². The van der Waals surface area contributed by atoms with E-state index in [1.54, 1.807) is 30.3 Å². The van der Waals surface area contributed by atoms with Gasteiger partial charge in [-0.1, -0.05) is 18.2 Å². The maximum atomic E-state index is 11.8. The number of amides is 1. The summed E-state index contributed by atoms with van der Waals surface area (Å²) in [4.78, 5) is 15.8. The molecule has 17 heavy (non-hydrogen) atoms. The van der Waals surface area contributed by atoms with Crippen molar-refractivity contribution in [3.63, 3.8) is 0 Å². The Labute approximate surface area is 98.5 Å². The molecule has 0 unspecified atom stereocenters. The molecule has 0 aliphatic carbocycles. The number of nitrogen functional groups attached to an aromatic ring is 2. The average Bonchev–Trinajstić information content (AvgIpc) is 2.36. The van der Waals surface area contributed by atoms with Crippen molar-refractivity contribution in [2.24, 2.45) is 0 Å². The molecule has 1 heterocycles. The van der Waals surface area contributed by atoms with Gasteiger partial charge in [0.1, 0.15) is 0 Å². The summed E-state index contributed by atoms with van der Waals surface area (Å²) in [5.41, 5.74) is 12.5. The van der Waals surface area contributed by atoms with Gasteiger partial charge in [-0.3, -0.25) is 4.79 Å². The van der Waals surface area contributed by atoms with Crippen molar-refractivity contribution in [3.05, 3.63) is 48.2 Å². The average molecular weight is 228 g/mol. The number of nitrogens with one attached hydrogen (secondary N) is 1. The Morgan fingerprint density at radius 1 is 1.12 bits per heavy atom. The van der Waals surface area contributed by atoms with Gasteiger partial charge in [0.15, 0.2) is 5.82 Å². The van der Waals surface area contributed by atoms with Gasteiger partial charge in [-0.25, -0.2) is 4.98 Å². The third-order valence-electron chi connectivity index (χ3n) is 2.29. The van der Waals surface area contributed by atoms with Crippen LogP contribution in [0.2, 0.25) is 0 Å². The number of benzene rings is 1. The largest absolute Gasteiger partial charge is 0.397 e. The van der Waals surface area contributed by atoms with E-state index in [2.05, 4.69) is 10.3 Å². The molecule has 86 valence electrons. The van der Waals surface area contributed by atoms with Crippen LogP contribution >= 0.6 is 0 Å². The second-order valence-corrected chi connectivity index (χ2v) is 3.48. The Morgan fingerprint density at radius 2 is 1.82 bits per heavy atom. The molecule has 5 N–H and O–H groups in total. The quantitative estimate of drug-likeness (QED) is 0.726. The summed E-state index contributed by atoms with van der Waals surface area (Å²) in [6, 6.07) is 10.4. The molecule has 0 spiro atoms. The second-order valence-electron chi connectivity index (χ2n) is 3.48. The van der Waals surface area contributed by atoms with Crippen molar-refractivity contribution < 1.29 is 4.79 Å². The molecule has 2 rings (SSSR count).